The minimum absolute atomic E-state index is 0.672. The van der Waals surface area contributed by atoms with Crippen molar-refractivity contribution in [3.8, 4) is 0 Å². The van der Waals surface area contributed by atoms with Crippen LogP contribution in [0, 0.1) is 5.92 Å². The predicted molar refractivity (Wildman–Crippen MR) is 76.3 cm³/mol. The molecule has 0 aromatic carbocycles. The Morgan fingerprint density at radius 3 is 2.71 bits per heavy atom. The van der Waals surface area contributed by atoms with E-state index in [9.17, 15) is 0 Å². The maximum Gasteiger partial charge on any atom is 0.0197 e. The summed E-state index contributed by atoms with van der Waals surface area (Å²) in [6.45, 7) is 14.8. The monoisotopic (exact) mass is 238 g/mol. The van der Waals surface area contributed by atoms with Crippen LogP contribution in [0.2, 0.25) is 0 Å². The van der Waals surface area contributed by atoms with Crippen molar-refractivity contribution in [3.63, 3.8) is 0 Å². The maximum atomic E-state index is 3.70. The average molecular weight is 238 g/mol. The highest BCUT2D eigenvalue weighted by atomic mass is 15.2. The minimum Gasteiger partial charge on any atom is -0.313 e. The standard InChI is InChI=1S/C15H30N2/c1-12(2)7-9-17-11-15(10-13(3)4)16-8-6-14(17)5/h7,13-16H,6,8-11H2,1-5H3. The Bertz CT molecular complexity index is 241. The van der Waals surface area contributed by atoms with E-state index in [1.54, 1.807) is 0 Å². The summed E-state index contributed by atoms with van der Waals surface area (Å²) in [5.74, 6) is 0.784. The van der Waals surface area contributed by atoms with Crippen molar-refractivity contribution in [2.24, 2.45) is 5.92 Å². The van der Waals surface area contributed by atoms with Gasteiger partial charge in [-0.05, 0) is 46.1 Å². The largest absolute Gasteiger partial charge is 0.313 e. The summed E-state index contributed by atoms with van der Waals surface area (Å²) in [4.78, 5) is 2.63. The van der Waals surface area contributed by atoms with Gasteiger partial charge in [0.25, 0.3) is 0 Å². The zero-order chi connectivity index (χ0) is 12.8. The number of nitrogens with zero attached hydrogens (tertiary/aromatic N) is 1. The Morgan fingerprint density at radius 2 is 2.12 bits per heavy atom. The van der Waals surface area contributed by atoms with Crippen LogP contribution in [-0.4, -0.2) is 36.6 Å². The van der Waals surface area contributed by atoms with E-state index in [1.165, 1.54) is 31.5 Å². The van der Waals surface area contributed by atoms with Crippen molar-refractivity contribution in [2.75, 3.05) is 19.6 Å². The quantitative estimate of drug-likeness (QED) is 0.757. The third-order valence-electron chi connectivity index (χ3n) is 3.56. The summed E-state index contributed by atoms with van der Waals surface area (Å²) in [5.41, 5.74) is 1.43. The molecule has 0 aromatic rings. The molecule has 2 heteroatoms. The smallest absolute Gasteiger partial charge is 0.0197 e. The SMILES string of the molecule is CC(C)=CCN1CC(CC(C)C)NCCC1C. The number of nitrogens with one attached hydrogen (secondary N) is 1. The van der Waals surface area contributed by atoms with Gasteiger partial charge in [-0.3, -0.25) is 4.90 Å². The second kappa shape index (κ2) is 7.17. The van der Waals surface area contributed by atoms with Gasteiger partial charge in [0.1, 0.15) is 0 Å². The average Bonchev–Trinajstić information content (AvgIpc) is 2.37. The second-order valence-electron chi connectivity index (χ2n) is 6.15. The summed E-state index contributed by atoms with van der Waals surface area (Å²) >= 11 is 0. The first-order valence-electron chi connectivity index (χ1n) is 7.09. The van der Waals surface area contributed by atoms with Gasteiger partial charge in [-0.1, -0.05) is 25.5 Å². The summed E-state index contributed by atoms with van der Waals surface area (Å²) in [6, 6.07) is 1.38. The molecule has 0 saturated carbocycles. The number of rotatable bonds is 4. The van der Waals surface area contributed by atoms with E-state index >= 15 is 0 Å². The summed E-state index contributed by atoms with van der Waals surface area (Å²) in [7, 11) is 0. The summed E-state index contributed by atoms with van der Waals surface area (Å²) in [6.07, 6.45) is 4.91. The molecule has 1 saturated heterocycles. The molecule has 1 N–H and O–H groups in total. The van der Waals surface area contributed by atoms with Crippen molar-refractivity contribution in [1.82, 2.24) is 10.2 Å². The third kappa shape index (κ3) is 5.69. The third-order valence-corrected chi connectivity index (χ3v) is 3.56. The zero-order valence-electron chi connectivity index (χ0n) is 12.3. The van der Waals surface area contributed by atoms with Gasteiger partial charge >= 0.3 is 0 Å². The first-order valence-corrected chi connectivity index (χ1v) is 7.09. The first kappa shape index (κ1) is 14.7. The highest BCUT2D eigenvalue weighted by Crippen LogP contribution is 2.14. The Labute approximate surface area is 107 Å². The Kier molecular flexibility index (Phi) is 6.21. The number of hydrogen-bond acceptors (Lipinski definition) is 2. The van der Waals surface area contributed by atoms with Gasteiger partial charge in [0.15, 0.2) is 0 Å². The molecule has 100 valence electrons. The highest BCUT2D eigenvalue weighted by molar-refractivity contribution is 4.96. The number of hydrogen-bond donors (Lipinski definition) is 1. The van der Waals surface area contributed by atoms with Gasteiger partial charge in [-0.15, -0.1) is 0 Å². The van der Waals surface area contributed by atoms with E-state index in [-0.39, 0.29) is 0 Å². The molecule has 1 fully saturated rings. The van der Waals surface area contributed by atoms with E-state index < -0.39 is 0 Å². The Hall–Kier alpha value is -0.340. The molecule has 1 rings (SSSR count). The molecule has 0 bridgehead atoms. The van der Waals surface area contributed by atoms with E-state index in [0.717, 1.165) is 12.5 Å². The molecule has 1 aliphatic heterocycles. The van der Waals surface area contributed by atoms with E-state index in [1.807, 2.05) is 0 Å². The first-order chi connectivity index (χ1) is 7.99. The molecule has 0 radical (unpaired) electrons. The fourth-order valence-electron chi connectivity index (χ4n) is 2.49. The lowest BCUT2D eigenvalue weighted by Crippen LogP contribution is -2.40. The number of allylic oxidation sites excluding steroid dienone is 1. The van der Waals surface area contributed by atoms with Crippen LogP contribution >= 0.6 is 0 Å². The molecule has 17 heavy (non-hydrogen) atoms. The van der Waals surface area contributed by atoms with Crippen LogP contribution in [0.5, 0.6) is 0 Å². The second-order valence-corrected chi connectivity index (χ2v) is 6.15. The van der Waals surface area contributed by atoms with Crippen molar-refractivity contribution in [2.45, 2.75) is 59.5 Å². The minimum atomic E-state index is 0.672. The van der Waals surface area contributed by atoms with Gasteiger partial charge < -0.3 is 5.32 Å². The van der Waals surface area contributed by atoms with Crippen LogP contribution in [0.3, 0.4) is 0 Å². The fraction of sp³-hybridized carbons (Fsp3) is 0.867. The topological polar surface area (TPSA) is 15.3 Å². The Morgan fingerprint density at radius 1 is 1.41 bits per heavy atom. The van der Waals surface area contributed by atoms with Crippen LogP contribution in [0.1, 0.15) is 47.5 Å². The molecule has 2 nitrogen and oxygen atoms in total. The maximum absolute atomic E-state index is 3.70. The molecule has 1 aliphatic rings. The van der Waals surface area contributed by atoms with Crippen LogP contribution in [0.4, 0.5) is 0 Å². The van der Waals surface area contributed by atoms with Crippen molar-refractivity contribution < 1.29 is 0 Å². The van der Waals surface area contributed by atoms with Gasteiger partial charge in [-0.25, -0.2) is 0 Å². The molecular formula is C15H30N2. The fourth-order valence-corrected chi connectivity index (χ4v) is 2.49. The van der Waals surface area contributed by atoms with E-state index in [4.69, 9.17) is 0 Å². The van der Waals surface area contributed by atoms with Crippen molar-refractivity contribution >= 4 is 0 Å². The zero-order valence-corrected chi connectivity index (χ0v) is 12.3. The van der Waals surface area contributed by atoms with Crippen LogP contribution in [-0.2, 0) is 0 Å². The Balaban J connectivity index is 2.55. The predicted octanol–water partition coefficient (Wildman–Crippen LogP) is 3.05. The van der Waals surface area contributed by atoms with Gasteiger partial charge in [0.05, 0.1) is 0 Å². The molecule has 1 heterocycles. The van der Waals surface area contributed by atoms with Crippen LogP contribution in [0.25, 0.3) is 0 Å². The molecule has 2 unspecified atom stereocenters. The van der Waals surface area contributed by atoms with Gasteiger partial charge in [0.2, 0.25) is 0 Å². The van der Waals surface area contributed by atoms with Crippen molar-refractivity contribution in [3.05, 3.63) is 11.6 Å². The lowest BCUT2D eigenvalue weighted by Gasteiger charge is -2.28. The van der Waals surface area contributed by atoms with Crippen LogP contribution < -0.4 is 5.32 Å². The molecule has 0 aliphatic carbocycles. The molecule has 0 spiro atoms. The molecular weight excluding hydrogens is 208 g/mol. The lowest BCUT2D eigenvalue weighted by atomic mass is 10.0. The van der Waals surface area contributed by atoms with Crippen LogP contribution in [0.15, 0.2) is 11.6 Å². The lowest BCUT2D eigenvalue weighted by molar-refractivity contribution is 0.218. The highest BCUT2D eigenvalue weighted by Gasteiger charge is 2.22. The van der Waals surface area contributed by atoms with Crippen molar-refractivity contribution in [1.29, 1.82) is 0 Å². The molecule has 2 atom stereocenters. The van der Waals surface area contributed by atoms with E-state index in [2.05, 4.69) is 50.9 Å². The summed E-state index contributed by atoms with van der Waals surface area (Å²) in [5, 5.41) is 3.70. The van der Waals surface area contributed by atoms with E-state index in [0.29, 0.717) is 12.1 Å². The van der Waals surface area contributed by atoms with Gasteiger partial charge in [-0.2, -0.15) is 0 Å². The molecule has 0 aromatic heterocycles. The normalized spacial score (nSPS) is 26.9. The molecule has 0 amide bonds. The van der Waals surface area contributed by atoms with Gasteiger partial charge in [0, 0.05) is 25.2 Å². The summed E-state index contributed by atoms with van der Waals surface area (Å²) < 4.78 is 0.